The average molecular weight is 273 g/mol. The maximum atomic E-state index is 8.71. The Morgan fingerprint density at radius 2 is 1.95 bits per heavy atom. The largest absolute Gasteiger partial charge is 0.486 e. The van der Waals surface area contributed by atoms with Gasteiger partial charge in [-0.2, -0.15) is 0 Å². The van der Waals surface area contributed by atoms with Gasteiger partial charge in [0, 0.05) is 6.07 Å². The molecule has 1 aliphatic heterocycles. The van der Waals surface area contributed by atoms with Gasteiger partial charge in [0.15, 0.2) is 11.5 Å². The zero-order valence-electron chi connectivity index (χ0n) is 10.8. The number of para-hydroxylation sites is 1. The van der Waals surface area contributed by atoms with Crippen LogP contribution in [0.2, 0.25) is 0 Å². The maximum absolute atomic E-state index is 8.71. The van der Waals surface area contributed by atoms with E-state index < -0.39 is 0 Å². The number of fused-ring (bicyclic) bond motifs is 1. The number of ether oxygens (including phenoxy) is 3. The van der Waals surface area contributed by atoms with Crippen molar-refractivity contribution >= 4 is 0 Å². The number of hydrogen-bond donors (Lipinski definition) is 2. The van der Waals surface area contributed by atoms with Gasteiger partial charge in [0.05, 0.1) is 6.54 Å². The molecule has 1 aliphatic rings. The van der Waals surface area contributed by atoms with Crippen molar-refractivity contribution in [2.24, 2.45) is 0 Å². The Hall–Kier alpha value is -2.24. The second-order valence-corrected chi connectivity index (χ2v) is 4.44. The fraction of sp³-hybridized carbons (Fsp3) is 0.200. The standard InChI is InChI=1S/C15H15NO4/c17-16-9-13-10-18-14-7-6-12(8-15(14)20-13)19-11-4-2-1-3-5-11/h1-8,13,16-17H,9-10H2/t13-/m0/s1. The van der Waals surface area contributed by atoms with Crippen molar-refractivity contribution < 1.29 is 19.4 Å². The number of hydroxylamine groups is 1. The molecule has 0 unspecified atom stereocenters. The fourth-order valence-corrected chi connectivity index (χ4v) is 1.99. The minimum atomic E-state index is -0.223. The average Bonchev–Trinajstić information content (AvgIpc) is 2.48. The first-order valence-electron chi connectivity index (χ1n) is 6.38. The van der Waals surface area contributed by atoms with Gasteiger partial charge in [-0.25, -0.2) is 5.48 Å². The highest BCUT2D eigenvalue weighted by Gasteiger charge is 2.21. The van der Waals surface area contributed by atoms with Gasteiger partial charge >= 0.3 is 0 Å². The van der Waals surface area contributed by atoms with Gasteiger partial charge < -0.3 is 19.4 Å². The van der Waals surface area contributed by atoms with E-state index in [9.17, 15) is 0 Å². The van der Waals surface area contributed by atoms with E-state index in [1.54, 1.807) is 6.07 Å². The Kier molecular flexibility index (Phi) is 3.71. The summed E-state index contributed by atoms with van der Waals surface area (Å²) >= 11 is 0. The summed E-state index contributed by atoms with van der Waals surface area (Å²) in [6.07, 6.45) is -0.223. The molecule has 1 atom stereocenters. The van der Waals surface area contributed by atoms with Gasteiger partial charge in [0.2, 0.25) is 0 Å². The minimum Gasteiger partial charge on any atom is -0.486 e. The molecule has 2 N–H and O–H groups in total. The highest BCUT2D eigenvalue weighted by molar-refractivity contribution is 5.47. The van der Waals surface area contributed by atoms with Crippen LogP contribution < -0.4 is 19.7 Å². The molecular weight excluding hydrogens is 258 g/mol. The second-order valence-electron chi connectivity index (χ2n) is 4.44. The van der Waals surface area contributed by atoms with E-state index in [1.165, 1.54) is 0 Å². The molecule has 2 aromatic rings. The van der Waals surface area contributed by atoms with E-state index in [2.05, 4.69) is 5.48 Å². The lowest BCUT2D eigenvalue weighted by Crippen LogP contribution is -2.37. The van der Waals surface area contributed by atoms with Gasteiger partial charge in [-0.1, -0.05) is 18.2 Å². The lowest BCUT2D eigenvalue weighted by molar-refractivity contribution is 0.0525. The first kappa shape index (κ1) is 12.8. The molecule has 20 heavy (non-hydrogen) atoms. The van der Waals surface area contributed by atoms with Crippen molar-refractivity contribution in [1.82, 2.24) is 5.48 Å². The number of nitrogens with one attached hydrogen (secondary N) is 1. The molecule has 0 radical (unpaired) electrons. The van der Waals surface area contributed by atoms with Gasteiger partial charge in [-0.15, -0.1) is 0 Å². The topological polar surface area (TPSA) is 60.0 Å². The third-order valence-corrected chi connectivity index (χ3v) is 2.93. The van der Waals surface area contributed by atoms with Crippen LogP contribution in [-0.4, -0.2) is 24.5 Å². The zero-order chi connectivity index (χ0) is 13.8. The normalized spacial score (nSPS) is 16.8. The summed E-state index contributed by atoms with van der Waals surface area (Å²) in [6, 6.07) is 15.0. The van der Waals surface area contributed by atoms with Crippen molar-refractivity contribution in [3.05, 3.63) is 48.5 Å². The minimum absolute atomic E-state index is 0.223. The fourth-order valence-electron chi connectivity index (χ4n) is 1.99. The van der Waals surface area contributed by atoms with E-state index in [0.717, 1.165) is 5.75 Å². The lowest BCUT2D eigenvalue weighted by atomic mass is 10.2. The molecular formula is C15H15NO4. The smallest absolute Gasteiger partial charge is 0.165 e. The lowest BCUT2D eigenvalue weighted by Gasteiger charge is -2.26. The highest BCUT2D eigenvalue weighted by Crippen LogP contribution is 2.36. The van der Waals surface area contributed by atoms with Crippen LogP contribution in [0.4, 0.5) is 0 Å². The van der Waals surface area contributed by atoms with Crippen molar-refractivity contribution in [3.8, 4) is 23.0 Å². The molecule has 3 rings (SSSR count). The molecule has 0 aromatic heterocycles. The number of hydrogen-bond acceptors (Lipinski definition) is 5. The molecule has 5 nitrogen and oxygen atoms in total. The van der Waals surface area contributed by atoms with E-state index in [1.807, 2.05) is 42.5 Å². The Labute approximate surface area is 116 Å². The van der Waals surface area contributed by atoms with Crippen LogP contribution in [0.5, 0.6) is 23.0 Å². The molecule has 0 spiro atoms. The maximum Gasteiger partial charge on any atom is 0.165 e. The highest BCUT2D eigenvalue weighted by atomic mass is 16.6. The van der Waals surface area contributed by atoms with Crippen molar-refractivity contribution in [2.45, 2.75) is 6.10 Å². The first-order chi connectivity index (χ1) is 9.85. The van der Waals surface area contributed by atoms with Gasteiger partial charge in [-0.05, 0) is 24.3 Å². The number of rotatable bonds is 4. The zero-order valence-corrected chi connectivity index (χ0v) is 10.8. The summed E-state index contributed by atoms with van der Waals surface area (Å²) in [4.78, 5) is 0. The van der Waals surface area contributed by atoms with Crippen LogP contribution in [-0.2, 0) is 0 Å². The summed E-state index contributed by atoms with van der Waals surface area (Å²) in [5.74, 6) is 2.73. The predicted molar refractivity (Wildman–Crippen MR) is 72.7 cm³/mol. The molecule has 2 aromatic carbocycles. The van der Waals surface area contributed by atoms with Crippen LogP contribution in [0, 0.1) is 0 Å². The molecule has 0 saturated carbocycles. The monoisotopic (exact) mass is 273 g/mol. The molecule has 5 heteroatoms. The summed E-state index contributed by atoms with van der Waals surface area (Å²) in [6.45, 7) is 0.711. The molecule has 1 heterocycles. The summed E-state index contributed by atoms with van der Waals surface area (Å²) in [5, 5.41) is 8.71. The third kappa shape index (κ3) is 2.84. The van der Waals surface area contributed by atoms with Crippen LogP contribution in [0.3, 0.4) is 0 Å². The van der Waals surface area contributed by atoms with E-state index in [4.69, 9.17) is 19.4 Å². The van der Waals surface area contributed by atoms with Crippen LogP contribution in [0.15, 0.2) is 48.5 Å². The van der Waals surface area contributed by atoms with Gasteiger partial charge in [0.1, 0.15) is 24.2 Å². The Morgan fingerprint density at radius 3 is 2.75 bits per heavy atom. The van der Waals surface area contributed by atoms with Crippen LogP contribution in [0.25, 0.3) is 0 Å². The quantitative estimate of drug-likeness (QED) is 0.838. The molecule has 0 amide bonds. The third-order valence-electron chi connectivity index (χ3n) is 2.93. The second kappa shape index (κ2) is 5.81. The van der Waals surface area contributed by atoms with Crippen LogP contribution >= 0.6 is 0 Å². The Morgan fingerprint density at radius 1 is 1.10 bits per heavy atom. The van der Waals surface area contributed by atoms with E-state index in [0.29, 0.717) is 30.4 Å². The summed E-state index contributed by atoms with van der Waals surface area (Å²) < 4.78 is 17.0. The SMILES string of the molecule is ONC[C@H]1COc2ccc(Oc3ccccc3)cc2O1. The molecule has 0 fully saturated rings. The van der Waals surface area contributed by atoms with Crippen molar-refractivity contribution in [1.29, 1.82) is 0 Å². The van der Waals surface area contributed by atoms with E-state index >= 15 is 0 Å². The summed E-state index contributed by atoms with van der Waals surface area (Å²) in [7, 11) is 0. The number of benzene rings is 2. The van der Waals surface area contributed by atoms with Gasteiger partial charge in [0.25, 0.3) is 0 Å². The molecule has 0 bridgehead atoms. The predicted octanol–water partition coefficient (Wildman–Crippen LogP) is 2.60. The van der Waals surface area contributed by atoms with Crippen molar-refractivity contribution in [3.63, 3.8) is 0 Å². The first-order valence-corrected chi connectivity index (χ1v) is 6.38. The van der Waals surface area contributed by atoms with Gasteiger partial charge in [-0.3, -0.25) is 0 Å². The summed E-state index contributed by atoms with van der Waals surface area (Å²) in [5.41, 5.74) is 2.09. The molecule has 0 aliphatic carbocycles. The molecule has 104 valence electrons. The van der Waals surface area contributed by atoms with Crippen molar-refractivity contribution in [2.75, 3.05) is 13.2 Å². The van der Waals surface area contributed by atoms with Crippen LogP contribution in [0.1, 0.15) is 0 Å². The Balaban J connectivity index is 1.77. The Bertz CT molecular complexity index is 573. The molecule has 0 saturated heterocycles. The van der Waals surface area contributed by atoms with E-state index in [-0.39, 0.29) is 6.10 Å².